The van der Waals surface area contributed by atoms with E-state index in [0.29, 0.717) is 30.6 Å². The summed E-state index contributed by atoms with van der Waals surface area (Å²) < 4.78 is 34.0. The number of likely N-dealkylation sites (tertiary alicyclic amines) is 1. The van der Waals surface area contributed by atoms with Gasteiger partial charge in [0.15, 0.2) is 0 Å². The van der Waals surface area contributed by atoms with E-state index in [9.17, 15) is 13.2 Å². The first kappa shape index (κ1) is 27.2. The molecule has 1 unspecified atom stereocenters. The lowest BCUT2D eigenvalue weighted by atomic mass is 10.0. The predicted molar refractivity (Wildman–Crippen MR) is 135 cm³/mol. The van der Waals surface area contributed by atoms with Crippen molar-refractivity contribution < 1.29 is 17.9 Å². The van der Waals surface area contributed by atoms with Crippen LogP contribution in [0.2, 0.25) is 5.02 Å². The van der Waals surface area contributed by atoms with Crippen molar-refractivity contribution in [2.45, 2.75) is 62.6 Å². The van der Waals surface area contributed by atoms with Gasteiger partial charge in [0.2, 0.25) is 10.0 Å². The number of ether oxygens (including phenoxy) is 1. The van der Waals surface area contributed by atoms with Crippen LogP contribution < -0.4 is 0 Å². The highest BCUT2D eigenvalue weighted by Gasteiger charge is 2.39. The summed E-state index contributed by atoms with van der Waals surface area (Å²) in [4.78, 5) is 19.4. The number of rotatable bonds is 9. The molecule has 0 aromatic heterocycles. The normalized spacial score (nSPS) is 24.2. The van der Waals surface area contributed by atoms with Gasteiger partial charge < -0.3 is 14.5 Å². The topological polar surface area (TPSA) is 73.4 Å². The van der Waals surface area contributed by atoms with Gasteiger partial charge in [-0.3, -0.25) is 4.90 Å². The molecular weight excluding hydrogens is 476 g/mol. The van der Waals surface area contributed by atoms with Crippen LogP contribution in [0.25, 0.3) is 0 Å². The summed E-state index contributed by atoms with van der Waals surface area (Å²) in [7, 11) is 0.407. The number of carbonyl (C=O) groups is 1. The zero-order valence-electron chi connectivity index (χ0n) is 20.8. The van der Waals surface area contributed by atoms with Crippen molar-refractivity contribution in [1.82, 2.24) is 19.0 Å². The van der Waals surface area contributed by atoms with Gasteiger partial charge in [0, 0.05) is 43.3 Å². The number of amides is 1. The summed E-state index contributed by atoms with van der Waals surface area (Å²) in [5.41, 5.74) is 0. The Morgan fingerprint density at radius 2 is 1.85 bits per heavy atom. The Morgan fingerprint density at radius 3 is 2.50 bits per heavy atom. The van der Waals surface area contributed by atoms with Crippen LogP contribution in [0.3, 0.4) is 0 Å². The quantitative estimate of drug-likeness (QED) is 0.503. The molecule has 192 valence electrons. The zero-order valence-corrected chi connectivity index (χ0v) is 22.4. The SMILES string of the molecule is CCN(CCN(C)C)C1CCN(C(=O)OC[C@H]2CCC[C@@H](C)N2S(=O)(=O)c2ccc(Cl)cc2)C1. The monoisotopic (exact) mass is 514 g/mol. The first-order valence-electron chi connectivity index (χ1n) is 12.2. The molecule has 2 heterocycles. The lowest BCUT2D eigenvalue weighted by Gasteiger charge is -2.39. The van der Waals surface area contributed by atoms with Crippen molar-refractivity contribution in [3.05, 3.63) is 29.3 Å². The maximum absolute atomic E-state index is 13.4. The molecule has 2 saturated heterocycles. The zero-order chi connectivity index (χ0) is 24.9. The fourth-order valence-corrected chi connectivity index (χ4v) is 6.96. The van der Waals surface area contributed by atoms with Crippen LogP contribution in [-0.2, 0) is 14.8 Å². The second kappa shape index (κ2) is 12.0. The van der Waals surface area contributed by atoms with Gasteiger partial charge in [0.25, 0.3) is 0 Å². The molecule has 1 amide bonds. The lowest BCUT2D eigenvalue weighted by molar-refractivity contribution is 0.0672. The maximum Gasteiger partial charge on any atom is 0.409 e. The minimum Gasteiger partial charge on any atom is -0.448 e. The number of piperidine rings is 1. The highest BCUT2D eigenvalue weighted by molar-refractivity contribution is 7.89. The van der Waals surface area contributed by atoms with Crippen LogP contribution in [0, 0.1) is 0 Å². The number of nitrogens with zero attached hydrogens (tertiary/aromatic N) is 4. The Balaban J connectivity index is 1.61. The van der Waals surface area contributed by atoms with Crippen molar-refractivity contribution in [1.29, 1.82) is 0 Å². The second-order valence-corrected chi connectivity index (χ2v) is 11.9. The number of halogens is 1. The largest absolute Gasteiger partial charge is 0.448 e. The van der Waals surface area contributed by atoms with Gasteiger partial charge in [-0.05, 0) is 71.1 Å². The van der Waals surface area contributed by atoms with Crippen molar-refractivity contribution >= 4 is 27.7 Å². The number of hydrogen-bond acceptors (Lipinski definition) is 6. The third-order valence-corrected chi connectivity index (χ3v) is 9.25. The first-order valence-corrected chi connectivity index (χ1v) is 14.0. The Hall–Kier alpha value is -1.39. The molecule has 0 N–H and O–H groups in total. The van der Waals surface area contributed by atoms with Crippen LogP contribution in [0.15, 0.2) is 29.2 Å². The van der Waals surface area contributed by atoms with Crippen molar-refractivity contribution in [3.8, 4) is 0 Å². The number of hydrogen-bond donors (Lipinski definition) is 0. The van der Waals surface area contributed by atoms with E-state index in [1.807, 2.05) is 6.92 Å². The molecule has 1 aromatic carbocycles. The van der Waals surface area contributed by atoms with Gasteiger partial charge in [-0.1, -0.05) is 24.9 Å². The standard InChI is InChI=1S/C24H39ClN4O4S/c1-5-27(16-15-26(3)4)21-13-14-28(17-21)24(30)33-18-22-8-6-7-19(2)29(22)34(31,32)23-11-9-20(25)10-12-23/h9-12,19,21-22H,5-8,13-18H2,1-4H3/t19-,21?,22-/m1/s1. The van der Waals surface area contributed by atoms with E-state index in [0.717, 1.165) is 38.9 Å². The molecular formula is C24H39ClN4O4S. The highest BCUT2D eigenvalue weighted by Crippen LogP contribution is 2.30. The fraction of sp³-hybridized carbons (Fsp3) is 0.708. The molecule has 2 fully saturated rings. The van der Waals surface area contributed by atoms with Crippen LogP contribution >= 0.6 is 11.6 Å². The fourth-order valence-electron chi connectivity index (χ4n) is 4.97. The van der Waals surface area contributed by atoms with Crippen LogP contribution in [0.5, 0.6) is 0 Å². The molecule has 0 aliphatic carbocycles. The Kier molecular flexibility index (Phi) is 9.63. The molecule has 8 nitrogen and oxygen atoms in total. The van der Waals surface area contributed by atoms with Crippen LogP contribution in [0.4, 0.5) is 4.79 Å². The van der Waals surface area contributed by atoms with Crippen molar-refractivity contribution in [2.24, 2.45) is 0 Å². The third-order valence-electron chi connectivity index (χ3n) is 6.92. The van der Waals surface area contributed by atoms with Crippen LogP contribution in [-0.4, -0.2) is 105 Å². The second-order valence-electron chi connectivity index (χ2n) is 9.62. The van der Waals surface area contributed by atoms with Crippen LogP contribution in [0.1, 0.15) is 39.5 Å². The molecule has 0 spiro atoms. The minimum absolute atomic E-state index is 0.0648. The average Bonchev–Trinajstić information content (AvgIpc) is 3.28. The maximum atomic E-state index is 13.4. The summed E-state index contributed by atoms with van der Waals surface area (Å²) in [6.07, 6.45) is 2.92. The molecule has 2 aliphatic heterocycles. The van der Waals surface area contributed by atoms with E-state index in [4.69, 9.17) is 16.3 Å². The van der Waals surface area contributed by atoms with Gasteiger partial charge in [-0.15, -0.1) is 0 Å². The average molecular weight is 515 g/mol. The van der Waals surface area contributed by atoms with E-state index >= 15 is 0 Å². The van der Waals surface area contributed by atoms with Gasteiger partial charge in [-0.2, -0.15) is 4.31 Å². The molecule has 3 atom stereocenters. The van der Waals surface area contributed by atoms with Crippen molar-refractivity contribution in [2.75, 3.05) is 53.4 Å². The lowest BCUT2D eigenvalue weighted by Crippen LogP contribution is -2.51. The summed E-state index contributed by atoms with van der Waals surface area (Å²) in [6.45, 7) is 8.33. The Labute approximate surface area is 209 Å². The summed E-state index contributed by atoms with van der Waals surface area (Å²) in [6, 6.07) is 6.02. The molecule has 0 saturated carbocycles. The van der Waals surface area contributed by atoms with E-state index in [1.165, 1.54) is 16.4 Å². The van der Waals surface area contributed by atoms with Gasteiger partial charge in [0.05, 0.1) is 10.9 Å². The number of sulfonamides is 1. The molecule has 10 heteroatoms. The summed E-state index contributed by atoms with van der Waals surface area (Å²) >= 11 is 5.95. The summed E-state index contributed by atoms with van der Waals surface area (Å²) in [5.74, 6) is 0. The number of carbonyl (C=O) groups excluding carboxylic acids is 1. The minimum atomic E-state index is -3.72. The Morgan fingerprint density at radius 1 is 1.15 bits per heavy atom. The van der Waals surface area contributed by atoms with E-state index in [2.05, 4.69) is 30.8 Å². The molecule has 0 radical (unpaired) electrons. The molecule has 1 aromatic rings. The molecule has 3 rings (SSSR count). The van der Waals surface area contributed by atoms with E-state index in [-0.39, 0.29) is 29.7 Å². The van der Waals surface area contributed by atoms with Gasteiger partial charge in [-0.25, -0.2) is 13.2 Å². The van der Waals surface area contributed by atoms with Gasteiger partial charge >= 0.3 is 6.09 Å². The smallest absolute Gasteiger partial charge is 0.409 e. The number of likely N-dealkylation sites (N-methyl/N-ethyl adjacent to an activating group) is 2. The molecule has 2 aliphatic rings. The van der Waals surface area contributed by atoms with E-state index in [1.54, 1.807) is 17.0 Å². The predicted octanol–water partition coefficient (Wildman–Crippen LogP) is 3.37. The van der Waals surface area contributed by atoms with Crippen molar-refractivity contribution in [3.63, 3.8) is 0 Å². The first-order chi connectivity index (χ1) is 16.1. The third kappa shape index (κ3) is 6.63. The Bertz CT molecular complexity index is 912. The van der Waals surface area contributed by atoms with E-state index < -0.39 is 10.0 Å². The highest BCUT2D eigenvalue weighted by atomic mass is 35.5. The van der Waals surface area contributed by atoms with Gasteiger partial charge in [0.1, 0.15) is 6.61 Å². The molecule has 0 bridgehead atoms. The number of benzene rings is 1. The molecule has 34 heavy (non-hydrogen) atoms. The summed E-state index contributed by atoms with van der Waals surface area (Å²) in [5, 5.41) is 0.489.